The van der Waals surface area contributed by atoms with Gasteiger partial charge in [0.25, 0.3) is 0 Å². The highest BCUT2D eigenvalue weighted by Gasteiger charge is 2.40. The molecule has 0 bridgehead atoms. The van der Waals surface area contributed by atoms with Crippen LogP contribution in [0.25, 0.3) is 0 Å². The number of likely N-dealkylation sites (tertiary alicyclic amines) is 1. The number of ether oxygens (including phenoxy) is 1. The molecule has 1 saturated carbocycles. The molecule has 1 aliphatic heterocycles. The second kappa shape index (κ2) is 7.00. The van der Waals surface area contributed by atoms with Crippen LogP contribution in [0.5, 0.6) is 5.75 Å². The van der Waals surface area contributed by atoms with Crippen LogP contribution in [0.3, 0.4) is 0 Å². The Morgan fingerprint density at radius 3 is 2.57 bits per heavy atom. The maximum Gasteiger partial charge on any atom is 0.416 e. The summed E-state index contributed by atoms with van der Waals surface area (Å²) in [5.74, 6) is 0.229. The average Bonchev–Trinajstić information content (AvgIpc) is 3.17. The summed E-state index contributed by atoms with van der Waals surface area (Å²) in [6, 6.07) is 8.25. The first-order valence-corrected chi connectivity index (χ1v) is 8.15. The second-order valence-electron chi connectivity index (χ2n) is 6.23. The van der Waals surface area contributed by atoms with Crippen molar-refractivity contribution in [3.8, 4) is 5.75 Å². The number of carbonyl (C=O) groups excluding carboxylic acids is 2. The van der Waals surface area contributed by atoms with Gasteiger partial charge in [0, 0.05) is 12.5 Å². The van der Waals surface area contributed by atoms with E-state index < -0.39 is 18.2 Å². The van der Waals surface area contributed by atoms with E-state index in [9.17, 15) is 14.7 Å². The van der Waals surface area contributed by atoms with Crippen LogP contribution in [-0.4, -0.2) is 46.7 Å². The van der Waals surface area contributed by atoms with Crippen LogP contribution < -0.4 is 10.1 Å². The van der Waals surface area contributed by atoms with Crippen molar-refractivity contribution in [2.45, 2.75) is 50.3 Å². The summed E-state index contributed by atoms with van der Waals surface area (Å²) in [6.07, 6.45) is 3.17. The van der Waals surface area contributed by atoms with E-state index in [0.717, 1.165) is 25.7 Å². The Hall–Kier alpha value is -2.08. The predicted molar refractivity (Wildman–Crippen MR) is 84.0 cm³/mol. The van der Waals surface area contributed by atoms with Crippen LogP contribution in [0.4, 0.5) is 4.79 Å². The van der Waals surface area contributed by atoms with Crippen LogP contribution in [0.2, 0.25) is 0 Å². The lowest BCUT2D eigenvalue weighted by Crippen LogP contribution is -2.49. The summed E-state index contributed by atoms with van der Waals surface area (Å²) >= 11 is 0. The number of β-amino-alcohol motifs (C(OH)–C–C–N with tert-alkyl or cyclic N) is 1. The molecule has 3 rings (SSSR count). The van der Waals surface area contributed by atoms with Crippen molar-refractivity contribution in [1.82, 2.24) is 10.2 Å². The van der Waals surface area contributed by atoms with Gasteiger partial charge >= 0.3 is 6.09 Å². The zero-order valence-corrected chi connectivity index (χ0v) is 13.0. The predicted octanol–water partition coefficient (Wildman–Crippen LogP) is 1.68. The molecule has 2 fully saturated rings. The summed E-state index contributed by atoms with van der Waals surface area (Å²) < 4.78 is 5.29. The topological polar surface area (TPSA) is 78.9 Å². The van der Waals surface area contributed by atoms with Gasteiger partial charge in [0.1, 0.15) is 11.8 Å². The molecule has 6 heteroatoms. The SMILES string of the molecule is O=C(NC1CCCC1)[C@@H]1C[C@@H](O)CN1C(=O)Oc1ccccc1. The highest BCUT2D eigenvalue weighted by molar-refractivity contribution is 5.87. The summed E-state index contributed by atoms with van der Waals surface area (Å²) in [7, 11) is 0. The first-order valence-electron chi connectivity index (χ1n) is 8.15. The summed E-state index contributed by atoms with van der Waals surface area (Å²) in [4.78, 5) is 26.1. The van der Waals surface area contributed by atoms with Gasteiger partial charge in [-0.1, -0.05) is 31.0 Å². The van der Waals surface area contributed by atoms with Crippen molar-refractivity contribution >= 4 is 12.0 Å². The van der Waals surface area contributed by atoms with Gasteiger partial charge in [0.05, 0.1) is 12.6 Å². The van der Waals surface area contributed by atoms with Crippen molar-refractivity contribution in [3.05, 3.63) is 30.3 Å². The molecule has 0 radical (unpaired) electrons. The molecule has 1 aromatic carbocycles. The molecule has 2 N–H and O–H groups in total. The standard InChI is InChI=1S/C17H22N2O4/c20-13-10-15(16(21)18-12-6-4-5-7-12)19(11-13)17(22)23-14-8-2-1-3-9-14/h1-3,8-9,12-13,15,20H,4-7,10-11H2,(H,18,21)/t13-,15+/m1/s1. The minimum absolute atomic E-state index is 0.119. The Balaban J connectivity index is 1.64. The lowest BCUT2D eigenvalue weighted by atomic mass is 10.1. The van der Waals surface area contributed by atoms with E-state index in [-0.39, 0.29) is 24.9 Å². The molecule has 1 aliphatic carbocycles. The molecule has 23 heavy (non-hydrogen) atoms. The highest BCUT2D eigenvalue weighted by atomic mass is 16.6. The fourth-order valence-electron chi connectivity index (χ4n) is 3.28. The first kappa shape index (κ1) is 15.8. The molecule has 1 heterocycles. The van der Waals surface area contributed by atoms with Crippen LogP contribution in [0.1, 0.15) is 32.1 Å². The highest BCUT2D eigenvalue weighted by Crippen LogP contribution is 2.23. The van der Waals surface area contributed by atoms with E-state index in [1.54, 1.807) is 24.3 Å². The minimum Gasteiger partial charge on any atom is -0.410 e. The van der Waals surface area contributed by atoms with Crippen LogP contribution in [0, 0.1) is 0 Å². The molecule has 0 spiro atoms. The lowest BCUT2D eigenvalue weighted by Gasteiger charge is -2.24. The third-order valence-electron chi connectivity index (χ3n) is 4.47. The van der Waals surface area contributed by atoms with Crippen LogP contribution in [-0.2, 0) is 4.79 Å². The summed E-state index contributed by atoms with van der Waals surface area (Å²) in [5.41, 5.74) is 0. The zero-order valence-electron chi connectivity index (χ0n) is 13.0. The number of hydrogen-bond donors (Lipinski definition) is 2. The van der Waals surface area contributed by atoms with Gasteiger partial charge in [-0.15, -0.1) is 0 Å². The zero-order chi connectivity index (χ0) is 16.2. The van der Waals surface area contributed by atoms with Gasteiger partial charge in [0.2, 0.25) is 5.91 Å². The number of amides is 2. The average molecular weight is 318 g/mol. The molecule has 6 nitrogen and oxygen atoms in total. The number of rotatable bonds is 3. The van der Waals surface area contributed by atoms with Crippen molar-refractivity contribution < 1.29 is 19.4 Å². The number of nitrogens with one attached hydrogen (secondary N) is 1. The Kier molecular flexibility index (Phi) is 4.81. The molecule has 2 atom stereocenters. The van der Waals surface area contributed by atoms with E-state index in [4.69, 9.17) is 4.74 Å². The molecule has 1 aromatic rings. The first-order chi connectivity index (χ1) is 11.1. The summed E-state index contributed by atoms with van der Waals surface area (Å²) in [5, 5.41) is 12.9. The van der Waals surface area contributed by atoms with Gasteiger partial charge in [-0.25, -0.2) is 4.79 Å². The molecule has 2 aliphatic rings. The lowest BCUT2D eigenvalue weighted by molar-refractivity contribution is -0.125. The number of carbonyl (C=O) groups is 2. The second-order valence-corrected chi connectivity index (χ2v) is 6.23. The van der Waals surface area contributed by atoms with E-state index in [0.29, 0.717) is 5.75 Å². The number of para-hydroxylation sites is 1. The van der Waals surface area contributed by atoms with E-state index in [1.165, 1.54) is 4.90 Å². The van der Waals surface area contributed by atoms with Crippen molar-refractivity contribution in [1.29, 1.82) is 0 Å². The van der Waals surface area contributed by atoms with Gasteiger partial charge in [-0.2, -0.15) is 0 Å². The molecule has 124 valence electrons. The summed E-state index contributed by atoms with van der Waals surface area (Å²) in [6.45, 7) is 0.119. The number of aliphatic hydroxyl groups is 1. The molecule has 0 unspecified atom stereocenters. The third-order valence-corrected chi connectivity index (χ3v) is 4.47. The minimum atomic E-state index is -0.697. The van der Waals surface area contributed by atoms with Gasteiger partial charge < -0.3 is 15.2 Å². The number of hydrogen-bond acceptors (Lipinski definition) is 4. The third kappa shape index (κ3) is 3.82. The molecule has 2 amide bonds. The van der Waals surface area contributed by atoms with Crippen molar-refractivity contribution in [2.75, 3.05) is 6.54 Å². The monoisotopic (exact) mass is 318 g/mol. The Bertz CT molecular complexity index is 557. The number of nitrogens with zero attached hydrogens (tertiary/aromatic N) is 1. The largest absolute Gasteiger partial charge is 0.416 e. The fourth-order valence-corrected chi connectivity index (χ4v) is 3.28. The normalized spacial score (nSPS) is 24.7. The molecular weight excluding hydrogens is 296 g/mol. The van der Waals surface area contributed by atoms with E-state index in [2.05, 4.69) is 5.32 Å². The van der Waals surface area contributed by atoms with E-state index in [1.807, 2.05) is 6.07 Å². The van der Waals surface area contributed by atoms with Gasteiger partial charge in [-0.05, 0) is 25.0 Å². The quantitative estimate of drug-likeness (QED) is 0.889. The van der Waals surface area contributed by atoms with Crippen LogP contribution >= 0.6 is 0 Å². The smallest absolute Gasteiger partial charge is 0.410 e. The van der Waals surface area contributed by atoms with Crippen molar-refractivity contribution in [2.24, 2.45) is 0 Å². The van der Waals surface area contributed by atoms with E-state index >= 15 is 0 Å². The van der Waals surface area contributed by atoms with Gasteiger partial charge in [-0.3, -0.25) is 9.69 Å². The fraction of sp³-hybridized carbons (Fsp3) is 0.529. The molecule has 1 saturated heterocycles. The maximum absolute atomic E-state index is 12.4. The Morgan fingerprint density at radius 2 is 1.87 bits per heavy atom. The molecular formula is C17H22N2O4. The Morgan fingerprint density at radius 1 is 1.17 bits per heavy atom. The number of benzene rings is 1. The Labute approximate surface area is 135 Å². The number of aliphatic hydroxyl groups excluding tert-OH is 1. The van der Waals surface area contributed by atoms with Crippen molar-refractivity contribution in [3.63, 3.8) is 0 Å². The maximum atomic E-state index is 12.4. The molecule has 0 aromatic heterocycles. The van der Waals surface area contributed by atoms with Gasteiger partial charge in [0.15, 0.2) is 0 Å². The van der Waals surface area contributed by atoms with Crippen LogP contribution in [0.15, 0.2) is 30.3 Å².